The molecule has 0 saturated heterocycles. The summed E-state index contributed by atoms with van der Waals surface area (Å²) in [5, 5.41) is 8.11. The van der Waals surface area contributed by atoms with Crippen molar-refractivity contribution in [3.8, 4) is 0 Å². The first-order valence-corrected chi connectivity index (χ1v) is 7.75. The lowest BCUT2D eigenvalue weighted by molar-refractivity contribution is 0.243. The number of hydrogen-bond donors (Lipinski definition) is 3. The number of benzene rings is 1. The monoisotopic (exact) mass is 308 g/mol. The Bertz CT molecular complexity index is 503. The van der Waals surface area contributed by atoms with E-state index in [-0.39, 0.29) is 17.2 Å². The molecule has 1 aromatic rings. The summed E-state index contributed by atoms with van der Waals surface area (Å²) in [7, 11) is 0. The van der Waals surface area contributed by atoms with Crippen molar-refractivity contribution in [2.75, 3.05) is 6.26 Å². The second-order valence-corrected chi connectivity index (χ2v) is 5.31. The Morgan fingerprint density at radius 1 is 1.24 bits per heavy atom. The molecule has 0 aliphatic heterocycles. The first kappa shape index (κ1) is 17.0. The second kappa shape index (κ2) is 9.02. The van der Waals surface area contributed by atoms with Crippen LogP contribution in [-0.2, 0) is 6.54 Å². The van der Waals surface area contributed by atoms with Crippen molar-refractivity contribution in [2.45, 2.75) is 26.4 Å². The summed E-state index contributed by atoms with van der Waals surface area (Å²) in [6.45, 7) is 4.09. The minimum absolute atomic E-state index is 0.0139. The van der Waals surface area contributed by atoms with Crippen LogP contribution in [-0.4, -0.2) is 29.5 Å². The molecule has 7 heteroatoms. The zero-order valence-corrected chi connectivity index (χ0v) is 13.2. The predicted octanol–water partition coefficient (Wildman–Crippen LogP) is 2.32. The van der Waals surface area contributed by atoms with Crippen LogP contribution >= 0.6 is 11.8 Å². The van der Waals surface area contributed by atoms with Gasteiger partial charge in [0.25, 0.3) is 0 Å². The standard InChI is InChI=1S/C14H20N4O2S/c1-10(2)16-13(20)18-14(21-3)17-12(19)15-9-11-7-5-4-6-8-11/h4-8,10H,9H2,1-3H3,(H3,15,16,17,18,19,20). The highest BCUT2D eigenvalue weighted by molar-refractivity contribution is 8.13. The first-order chi connectivity index (χ1) is 10.0. The largest absolute Gasteiger partial charge is 0.343 e. The molecule has 4 amide bonds. The van der Waals surface area contributed by atoms with Crippen LogP contribution in [0, 0.1) is 0 Å². The Kier molecular flexibility index (Phi) is 7.31. The van der Waals surface area contributed by atoms with Gasteiger partial charge in [0, 0.05) is 12.6 Å². The zero-order chi connectivity index (χ0) is 15.7. The summed E-state index contributed by atoms with van der Waals surface area (Å²) in [5.41, 5.74) is 0.984. The van der Waals surface area contributed by atoms with Crippen molar-refractivity contribution in [2.24, 2.45) is 4.99 Å². The van der Waals surface area contributed by atoms with E-state index < -0.39 is 6.03 Å². The van der Waals surface area contributed by atoms with E-state index in [9.17, 15) is 9.59 Å². The summed E-state index contributed by atoms with van der Waals surface area (Å²) in [5.74, 6) is 0. The van der Waals surface area contributed by atoms with Crippen LogP contribution in [0.3, 0.4) is 0 Å². The lowest BCUT2D eigenvalue weighted by Crippen LogP contribution is -2.42. The van der Waals surface area contributed by atoms with Crippen LogP contribution in [0.4, 0.5) is 9.59 Å². The number of thioether (sulfide) groups is 1. The van der Waals surface area contributed by atoms with E-state index in [0.29, 0.717) is 6.54 Å². The lowest BCUT2D eigenvalue weighted by atomic mass is 10.2. The Balaban J connectivity index is 2.49. The average Bonchev–Trinajstić information content (AvgIpc) is 2.44. The maximum absolute atomic E-state index is 11.7. The molecule has 0 unspecified atom stereocenters. The van der Waals surface area contributed by atoms with Gasteiger partial charge in [-0.25, -0.2) is 9.59 Å². The van der Waals surface area contributed by atoms with Gasteiger partial charge in [-0.05, 0) is 25.7 Å². The molecule has 3 N–H and O–H groups in total. The Hall–Kier alpha value is -2.02. The maximum atomic E-state index is 11.7. The van der Waals surface area contributed by atoms with E-state index in [0.717, 1.165) is 5.56 Å². The van der Waals surface area contributed by atoms with Gasteiger partial charge in [0.1, 0.15) is 0 Å². The third-order valence-corrected chi connectivity index (χ3v) is 2.90. The predicted molar refractivity (Wildman–Crippen MR) is 86.4 cm³/mol. The number of amidine groups is 1. The van der Waals surface area contributed by atoms with Crippen LogP contribution in [0.1, 0.15) is 19.4 Å². The molecule has 1 aromatic carbocycles. The average molecular weight is 308 g/mol. The van der Waals surface area contributed by atoms with Crippen LogP contribution in [0.15, 0.2) is 35.3 Å². The van der Waals surface area contributed by atoms with Gasteiger partial charge in [-0.2, -0.15) is 4.99 Å². The van der Waals surface area contributed by atoms with Gasteiger partial charge < -0.3 is 10.6 Å². The summed E-state index contributed by atoms with van der Waals surface area (Å²) < 4.78 is 0. The molecule has 6 nitrogen and oxygen atoms in total. The highest BCUT2D eigenvalue weighted by Crippen LogP contribution is 1.99. The van der Waals surface area contributed by atoms with Crippen molar-refractivity contribution >= 4 is 29.0 Å². The number of nitrogens with zero attached hydrogens (tertiary/aromatic N) is 1. The molecule has 0 aromatic heterocycles. The van der Waals surface area contributed by atoms with E-state index in [2.05, 4.69) is 20.9 Å². The summed E-state index contributed by atoms with van der Waals surface area (Å²) in [6, 6.07) is 8.67. The van der Waals surface area contributed by atoms with Crippen molar-refractivity contribution < 1.29 is 9.59 Å². The van der Waals surface area contributed by atoms with Crippen LogP contribution in [0.25, 0.3) is 0 Å². The van der Waals surface area contributed by atoms with E-state index >= 15 is 0 Å². The Morgan fingerprint density at radius 3 is 2.48 bits per heavy atom. The fraction of sp³-hybridized carbons (Fsp3) is 0.357. The van der Waals surface area contributed by atoms with Gasteiger partial charge in [-0.1, -0.05) is 42.1 Å². The van der Waals surface area contributed by atoms with Crippen molar-refractivity contribution in [1.29, 1.82) is 0 Å². The second-order valence-electron chi connectivity index (χ2n) is 4.52. The summed E-state index contributed by atoms with van der Waals surface area (Å²) in [4.78, 5) is 27.1. The Labute approximate surface area is 128 Å². The smallest absolute Gasteiger partial charge is 0.336 e. The van der Waals surface area contributed by atoms with Crippen LogP contribution in [0.2, 0.25) is 0 Å². The highest BCUT2D eigenvalue weighted by atomic mass is 32.2. The lowest BCUT2D eigenvalue weighted by Gasteiger charge is -2.10. The first-order valence-electron chi connectivity index (χ1n) is 6.53. The normalized spacial score (nSPS) is 11.1. The fourth-order valence-corrected chi connectivity index (χ4v) is 1.79. The molecule has 1 rings (SSSR count). The van der Waals surface area contributed by atoms with Gasteiger partial charge in [0.2, 0.25) is 0 Å². The van der Waals surface area contributed by atoms with E-state index in [1.807, 2.05) is 44.2 Å². The van der Waals surface area contributed by atoms with Crippen LogP contribution in [0.5, 0.6) is 0 Å². The topological polar surface area (TPSA) is 82.6 Å². The van der Waals surface area contributed by atoms with E-state index in [1.165, 1.54) is 11.8 Å². The third-order valence-electron chi connectivity index (χ3n) is 2.32. The number of carbonyl (C=O) groups is 2. The molecular weight excluding hydrogens is 288 g/mol. The number of hydrogen-bond acceptors (Lipinski definition) is 3. The number of rotatable bonds is 3. The molecule has 0 saturated carbocycles. The van der Waals surface area contributed by atoms with E-state index in [4.69, 9.17) is 0 Å². The quantitative estimate of drug-likeness (QED) is 0.592. The number of amides is 4. The molecule has 21 heavy (non-hydrogen) atoms. The number of urea groups is 2. The SMILES string of the molecule is CSC(=NC(=O)NCc1ccccc1)NC(=O)NC(C)C. The molecule has 0 aliphatic rings. The minimum atomic E-state index is -0.493. The highest BCUT2D eigenvalue weighted by Gasteiger charge is 2.08. The molecular formula is C14H20N4O2S. The van der Waals surface area contributed by atoms with Gasteiger partial charge in [-0.3, -0.25) is 5.32 Å². The Morgan fingerprint density at radius 2 is 1.90 bits per heavy atom. The third kappa shape index (κ3) is 7.36. The van der Waals surface area contributed by atoms with Crippen LogP contribution < -0.4 is 16.0 Å². The van der Waals surface area contributed by atoms with Crippen molar-refractivity contribution in [3.63, 3.8) is 0 Å². The molecule has 0 fully saturated rings. The van der Waals surface area contributed by atoms with Gasteiger partial charge in [-0.15, -0.1) is 0 Å². The summed E-state index contributed by atoms with van der Waals surface area (Å²) >= 11 is 1.19. The van der Waals surface area contributed by atoms with Crippen molar-refractivity contribution in [1.82, 2.24) is 16.0 Å². The van der Waals surface area contributed by atoms with Gasteiger partial charge in [0.05, 0.1) is 0 Å². The molecule has 0 atom stereocenters. The summed E-state index contributed by atoms with van der Waals surface area (Å²) in [6.07, 6.45) is 1.74. The molecule has 114 valence electrons. The van der Waals surface area contributed by atoms with Crippen molar-refractivity contribution in [3.05, 3.63) is 35.9 Å². The van der Waals surface area contributed by atoms with Gasteiger partial charge in [0.15, 0.2) is 5.17 Å². The molecule has 0 heterocycles. The molecule has 0 aliphatic carbocycles. The number of carbonyl (C=O) groups excluding carboxylic acids is 2. The number of aliphatic imine (C=N–C) groups is 1. The minimum Gasteiger partial charge on any atom is -0.336 e. The molecule has 0 spiro atoms. The maximum Gasteiger partial charge on any atom is 0.343 e. The molecule has 0 bridgehead atoms. The number of nitrogens with one attached hydrogen (secondary N) is 3. The zero-order valence-electron chi connectivity index (χ0n) is 12.3. The van der Waals surface area contributed by atoms with Gasteiger partial charge >= 0.3 is 12.1 Å². The molecule has 0 radical (unpaired) electrons. The fourth-order valence-electron chi connectivity index (χ4n) is 1.43. The van der Waals surface area contributed by atoms with E-state index in [1.54, 1.807) is 6.26 Å².